The van der Waals surface area contributed by atoms with E-state index in [1.54, 1.807) is 23.8 Å². The Hall–Kier alpha value is -3.41. The van der Waals surface area contributed by atoms with Crippen LogP contribution < -0.4 is 5.32 Å². The van der Waals surface area contributed by atoms with Crippen LogP contribution in [0, 0.1) is 5.92 Å². The molecule has 11 heteroatoms. The lowest BCUT2D eigenvalue weighted by Crippen LogP contribution is -2.59. The standard InChI is InChI=1S/C29H37N7O4/c1-18-16-34(19(2)37)8-9-35(18)23-11-21(12-23)29(39)32-27-13-24-10-20(6-7-36(24)33-27)22-14-30-28(31-15-22)17-40-26-5-3-4-25(26)38/h6-7,10,13-15,18,21,23,25-26,38H,3-5,8-9,11-12,16-17H2,1-2H3,(H,32,33,39)/t18-,21?,23?,25-,26-/m0/s1. The number of ether oxygens (including phenoxy) is 1. The molecule has 1 aliphatic heterocycles. The first-order valence-corrected chi connectivity index (χ1v) is 14.3. The van der Waals surface area contributed by atoms with Gasteiger partial charge in [0.2, 0.25) is 11.8 Å². The molecule has 3 aromatic heterocycles. The summed E-state index contributed by atoms with van der Waals surface area (Å²) in [6.45, 7) is 6.43. The van der Waals surface area contributed by atoms with Crippen molar-refractivity contribution in [3.63, 3.8) is 0 Å². The van der Waals surface area contributed by atoms with Gasteiger partial charge in [-0.05, 0) is 56.7 Å². The van der Waals surface area contributed by atoms with Gasteiger partial charge in [0.1, 0.15) is 6.61 Å². The van der Waals surface area contributed by atoms with Gasteiger partial charge >= 0.3 is 0 Å². The molecule has 6 rings (SSSR count). The van der Waals surface area contributed by atoms with Crippen LogP contribution >= 0.6 is 0 Å². The molecular weight excluding hydrogens is 510 g/mol. The van der Waals surface area contributed by atoms with E-state index in [1.165, 1.54) is 0 Å². The van der Waals surface area contributed by atoms with Crippen molar-refractivity contribution < 1.29 is 19.4 Å². The smallest absolute Gasteiger partial charge is 0.228 e. The van der Waals surface area contributed by atoms with Crippen molar-refractivity contribution in [3.05, 3.63) is 42.6 Å². The van der Waals surface area contributed by atoms with Crippen molar-refractivity contribution in [2.24, 2.45) is 5.92 Å². The minimum Gasteiger partial charge on any atom is -0.390 e. The number of anilines is 1. The van der Waals surface area contributed by atoms with E-state index in [2.05, 4.69) is 32.2 Å². The highest BCUT2D eigenvalue weighted by Gasteiger charge is 2.41. The van der Waals surface area contributed by atoms with Gasteiger partial charge in [-0.25, -0.2) is 14.5 Å². The molecule has 3 aliphatic rings. The van der Waals surface area contributed by atoms with Crippen molar-refractivity contribution in [2.45, 2.75) is 76.9 Å². The molecule has 0 spiro atoms. The fourth-order valence-electron chi connectivity index (χ4n) is 6.20. The topological polar surface area (TPSA) is 125 Å². The molecule has 11 nitrogen and oxygen atoms in total. The Labute approximate surface area is 233 Å². The van der Waals surface area contributed by atoms with Crippen LogP contribution in [0.15, 0.2) is 36.8 Å². The Morgan fingerprint density at radius 2 is 1.93 bits per heavy atom. The van der Waals surface area contributed by atoms with E-state index in [9.17, 15) is 14.7 Å². The average Bonchev–Trinajstić information content (AvgIpc) is 3.52. The number of rotatable bonds is 7. The van der Waals surface area contributed by atoms with Gasteiger partial charge in [0, 0.05) is 74.8 Å². The van der Waals surface area contributed by atoms with Crippen LogP contribution in [0.4, 0.5) is 5.82 Å². The average molecular weight is 548 g/mol. The number of nitrogens with one attached hydrogen (secondary N) is 1. The molecule has 4 heterocycles. The van der Waals surface area contributed by atoms with Gasteiger partial charge in [-0.1, -0.05) is 0 Å². The van der Waals surface area contributed by atoms with Crippen LogP contribution in [-0.4, -0.2) is 90.2 Å². The maximum absolute atomic E-state index is 12.9. The Bertz CT molecular complexity index is 1370. The van der Waals surface area contributed by atoms with E-state index in [0.29, 0.717) is 23.7 Å². The lowest BCUT2D eigenvalue weighted by molar-refractivity contribution is -0.133. The number of pyridine rings is 1. The molecule has 3 fully saturated rings. The summed E-state index contributed by atoms with van der Waals surface area (Å²) in [5, 5.41) is 17.4. The van der Waals surface area contributed by atoms with E-state index in [0.717, 1.165) is 68.4 Å². The molecule has 0 radical (unpaired) electrons. The summed E-state index contributed by atoms with van der Waals surface area (Å²) >= 11 is 0. The lowest BCUT2D eigenvalue weighted by Gasteiger charge is -2.49. The molecule has 1 saturated heterocycles. The van der Waals surface area contributed by atoms with E-state index in [-0.39, 0.29) is 30.4 Å². The van der Waals surface area contributed by atoms with Crippen molar-refractivity contribution in [3.8, 4) is 11.1 Å². The normalized spacial score (nSPS) is 27.1. The number of aliphatic hydroxyl groups excluding tert-OH is 1. The first-order chi connectivity index (χ1) is 19.3. The zero-order chi connectivity index (χ0) is 27.8. The molecule has 3 atom stereocenters. The second kappa shape index (κ2) is 11.2. The number of carbonyl (C=O) groups is 2. The number of carbonyl (C=O) groups excluding carboxylic acids is 2. The van der Waals surface area contributed by atoms with Gasteiger partial charge < -0.3 is 20.1 Å². The molecule has 2 aliphatic carbocycles. The van der Waals surface area contributed by atoms with Gasteiger partial charge in [-0.3, -0.25) is 14.5 Å². The SMILES string of the molecule is CC(=O)N1CCN(C2CC(C(=O)Nc3cc4cc(-c5cnc(CO[C@H]6CCC[C@@H]6O)nc5)ccn4n3)C2)[C@@H](C)C1. The van der Waals surface area contributed by atoms with Crippen LogP contribution in [0.2, 0.25) is 0 Å². The summed E-state index contributed by atoms with van der Waals surface area (Å²) in [4.78, 5) is 37.8. The second-order valence-corrected chi connectivity index (χ2v) is 11.4. The second-order valence-electron chi connectivity index (χ2n) is 11.4. The fraction of sp³-hybridized carbons (Fsp3) is 0.552. The van der Waals surface area contributed by atoms with E-state index >= 15 is 0 Å². The highest BCUT2D eigenvalue weighted by atomic mass is 16.5. The van der Waals surface area contributed by atoms with Crippen LogP contribution in [0.3, 0.4) is 0 Å². The molecule has 40 heavy (non-hydrogen) atoms. The van der Waals surface area contributed by atoms with E-state index in [1.807, 2.05) is 29.3 Å². The van der Waals surface area contributed by atoms with Gasteiger partial charge in [0.25, 0.3) is 0 Å². The van der Waals surface area contributed by atoms with Crippen molar-refractivity contribution in [2.75, 3.05) is 25.0 Å². The fourth-order valence-corrected chi connectivity index (χ4v) is 6.20. The molecule has 2 saturated carbocycles. The molecule has 2 amide bonds. The van der Waals surface area contributed by atoms with Gasteiger partial charge in [-0.15, -0.1) is 0 Å². The minimum absolute atomic E-state index is 0.00577. The highest BCUT2D eigenvalue weighted by molar-refractivity contribution is 5.93. The number of piperazine rings is 1. The first kappa shape index (κ1) is 26.8. The zero-order valence-electron chi connectivity index (χ0n) is 23.1. The lowest BCUT2D eigenvalue weighted by atomic mass is 9.78. The van der Waals surface area contributed by atoms with E-state index in [4.69, 9.17) is 4.74 Å². The molecule has 2 N–H and O–H groups in total. The maximum Gasteiger partial charge on any atom is 0.228 e. The van der Waals surface area contributed by atoms with Crippen molar-refractivity contribution >= 4 is 23.1 Å². The molecule has 0 bridgehead atoms. The predicted molar refractivity (Wildman–Crippen MR) is 148 cm³/mol. The summed E-state index contributed by atoms with van der Waals surface area (Å²) < 4.78 is 7.53. The Balaban J connectivity index is 1.02. The predicted octanol–water partition coefficient (Wildman–Crippen LogP) is 2.49. The quantitative estimate of drug-likeness (QED) is 0.462. The Kier molecular flexibility index (Phi) is 7.52. The molecular formula is C29H37N7O4. The van der Waals surface area contributed by atoms with Crippen LogP contribution in [0.5, 0.6) is 0 Å². The third-order valence-corrected chi connectivity index (χ3v) is 8.67. The van der Waals surface area contributed by atoms with Gasteiger partial charge in [0.05, 0.1) is 17.7 Å². The zero-order valence-corrected chi connectivity index (χ0v) is 23.1. The number of hydrogen-bond acceptors (Lipinski definition) is 8. The van der Waals surface area contributed by atoms with Gasteiger partial charge in [0.15, 0.2) is 11.6 Å². The number of amides is 2. The van der Waals surface area contributed by atoms with Gasteiger partial charge in [-0.2, -0.15) is 5.10 Å². The third-order valence-electron chi connectivity index (χ3n) is 8.67. The largest absolute Gasteiger partial charge is 0.390 e. The third kappa shape index (κ3) is 5.59. The van der Waals surface area contributed by atoms with Crippen LogP contribution in [-0.2, 0) is 20.9 Å². The molecule has 0 aromatic carbocycles. The van der Waals surface area contributed by atoms with Crippen molar-refractivity contribution in [1.82, 2.24) is 29.4 Å². The molecule has 212 valence electrons. The summed E-state index contributed by atoms with van der Waals surface area (Å²) in [5.41, 5.74) is 2.68. The number of aliphatic hydroxyl groups is 1. The Morgan fingerprint density at radius 3 is 2.62 bits per heavy atom. The van der Waals surface area contributed by atoms with Crippen LogP contribution in [0.1, 0.15) is 51.8 Å². The molecule has 3 aromatic rings. The highest BCUT2D eigenvalue weighted by Crippen LogP contribution is 2.35. The number of aromatic nitrogens is 4. The maximum atomic E-state index is 12.9. The summed E-state index contributed by atoms with van der Waals surface area (Å²) in [5.74, 6) is 1.23. The summed E-state index contributed by atoms with van der Waals surface area (Å²) in [7, 11) is 0. The van der Waals surface area contributed by atoms with Crippen molar-refractivity contribution in [1.29, 1.82) is 0 Å². The number of fused-ring (bicyclic) bond motifs is 1. The summed E-state index contributed by atoms with van der Waals surface area (Å²) in [6, 6.07) is 6.50. The Morgan fingerprint density at radius 1 is 1.12 bits per heavy atom. The van der Waals surface area contributed by atoms with E-state index < -0.39 is 6.10 Å². The number of hydrogen-bond donors (Lipinski definition) is 2. The number of nitrogens with zero attached hydrogens (tertiary/aromatic N) is 6. The summed E-state index contributed by atoms with van der Waals surface area (Å²) in [6.07, 6.45) is 9.18. The first-order valence-electron chi connectivity index (χ1n) is 14.3. The van der Waals surface area contributed by atoms with Crippen LogP contribution in [0.25, 0.3) is 16.6 Å². The monoisotopic (exact) mass is 547 g/mol. The minimum atomic E-state index is -0.397. The molecule has 0 unspecified atom stereocenters.